The third-order valence-electron chi connectivity index (χ3n) is 12.4. The Labute approximate surface area is 347 Å². The summed E-state index contributed by atoms with van der Waals surface area (Å²) < 4.78 is 2.43. The second-order valence-corrected chi connectivity index (χ2v) is 18.0. The number of carbonyl (C=O) groups excluding carboxylic acids is 2. The van der Waals surface area contributed by atoms with Crippen molar-refractivity contribution in [2.24, 2.45) is 0 Å². The van der Waals surface area contributed by atoms with Crippen molar-refractivity contribution in [2.75, 3.05) is 24.5 Å². The number of thiazole rings is 1. The number of amides is 1. The molecule has 6 heterocycles. The number of hydrogen-bond acceptors (Lipinski definition) is 12. The number of fused-ring (bicyclic) bond motifs is 1. The molecule has 0 spiro atoms. The van der Waals surface area contributed by atoms with E-state index >= 15 is 0 Å². The van der Waals surface area contributed by atoms with Gasteiger partial charge in [-0.3, -0.25) is 14.9 Å². The molecule has 2 saturated heterocycles. The van der Waals surface area contributed by atoms with E-state index in [2.05, 4.69) is 41.3 Å². The number of aliphatic hydroxyl groups is 1. The van der Waals surface area contributed by atoms with E-state index in [0.717, 1.165) is 70.6 Å². The van der Waals surface area contributed by atoms with Crippen molar-refractivity contribution >= 4 is 40.0 Å². The molecular weight excluding hydrogens is 763 g/mol. The van der Waals surface area contributed by atoms with Gasteiger partial charge >= 0.3 is 0 Å². The maximum absolute atomic E-state index is 14.3. The zero-order valence-electron chi connectivity index (χ0n) is 33.7. The Balaban J connectivity index is 0.874. The van der Waals surface area contributed by atoms with Crippen molar-refractivity contribution in [3.8, 4) is 27.4 Å². The molecule has 13 nitrogen and oxygen atoms in total. The van der Waals surface area contributed by atoms with Crippen molar-refractivity contribution in [1.82, 2.24) is 40.3 Å². The lowest BCUT2D eigenvalue weighted by Gasteiger charge is -2.32. The molecule has 3 aliphatic rings. The first-order valence-electron chi connectivity index (χ1n) is 20.4. The number of hydrogen-bond donors (Lipinski definition) is 4. The Morgan fingerprint density at radius 3 is 2.47 bits per heavy atom. The lowest BCUT2D eigenvalue weighted by atomic mass is 9.76. The molecule has 1 aliphatic carbocycles. The molecule has 1 unspecified atom stereocenters. The van der Waals surface area contributed by atoms with Crippen LogP contribution >= 0.6 is 11.3 Å². The number of phenolic OH excluding ortho intramolecular Hbond substituents is 1. The second-order valence-electron chi connectivity index (χ2n) is 17.1. The number of nitrogens with one attached hydrogen (secondary N) is 2. The van der Waals surface area contributed by atoms with Crippen LogP contribution in [0.5, 0.6) is 5.75 Å². The number of aryl methyl sites for hydroxylation is 1. The van der Waals surface area contributed by atoms with E-state index in [1.165, 1.54) is 5.69 Å². The quantitative estimate of drug-likeness (QED) is 0.0987. The molecule has 4 N–H and O–H groups in total. The second kappa shape index (κ2) is 15.2. The van der Waals surface area contributed by atoms with Crippen molar-refractivity contribution in [1.29, 1.82) is 0 Å². The molecular formula is C45H49N9O4S. The average Bonchev–Trinajstić information content (AvgIpc) is 3.55. The van der Waals surface area contributed by atoms with Crippen molar-refractivity contribution in [3.05, 3.63) is 101 Å². The summed E-state index contributed by atoms with van der Waals surface area (Å²) >= 11 is 1.59. The van der Waals surface area contributed by atoms with E-state index < -0.39 is 23.0 Å². The number of aliphatic hydroxyl groups excluding tert-OH is 1. The van der Waals surface area contributed by atoms with Gasteiger partial charge in [-0.15, -0.1) is 21.5 Å². The molecule has 1 amide bonds. The smallest absolute Gasteiger partial charge is 0.248 e. The van der Waals surface area contributed by atoms with E-state index in [0.29, 0.717) is 23.2 Å². The van der Waals surface area contributed by atoms with E-state index in [4.69, 9.17) is 9.97 Å². The van der Waals surface area contributed by atoms with Crippen molar-refractivity contribution < 1.29 is 19.8 Å². The van der Waals surface area contributed by atoms with Gasteiger partial charge in [0.1, 0.15) is 11.3 Å². The van der Waals surface area contributed by atoms with Gasteiger partial charge < -0.3 is 25.0 Å². The molecule has 304 valence electrons. The lowest BCUT2D eigenvalue weighted by molar-refractivity contribution is -0.138. The fourth-order valence-electron chi connectivity index (χ4n) is 8.79. The summed E-state index contributed by atoms with van der Waals surface area (Å²) in [6, 6.07) is 19.5. The highest BCUT2D eigenvalue weighted by atomic mass is 32.1. The number of β-amino-alcohol motifs (C(OH)–C–C–N with tert-alkyl or cyclic N) is 1. The Morgan fingerprint density at radius 1 is 1.03 bits per heavy atom. The van der Waals surface area contributed by atoms with Crippen LogP contribution in [0.2, 0.25) is 0 Å². The largest absolute Gasteiger partial charge is 0.507 e. The number of aromatic nitrogens is 6. The Hall–Kier alpha value is -5.57. The zero-order valence-corrected chi connectivity index (χ0v) is 34.5. The highest BCUT2D eigenvalue weighted by Crippen LogP contribution is 2.44. The maximum atomic E-state index is 14.3. The number of aromatic hydroxyl groups is 1. The molecule has 0 radical (unpaired) electrons. The fourth-order valence-corrected chi connectivity index (χ4v) is 9.60. The molecule has 59 heavy (non-hydrogen) atoms. The number of ketones is 1. The number of benzene rings is 2. The SMILES string of the molecule is Cc1ncsc1-c1ccc([C@H](C)NC(=O)[C@]2(C(=O)CC(C)(C)c3cnc(N4CC[C@@H](c5cc6nnc(-c7ccccc7O)cc6n5C5CC5)C4)nc3)CC(O)CN2)cc1. The summed E-state index contributed by atoms with van der Waals surface area (Å²) in [5.74, 6) is 0.345. The highest BCUT2D eigenvalue weighted by Gasteiger charge is 2.52. The van der Waals surface area contributed by atoms with E-state index in [-0.39, 0.29) is 42.9 Å². The van der Waals surface area contributed by atoms with Gasteiger partial charge in [0.15, 0.2) is 11.3 Å². The maximum Gasteiger partial charge on any atom is 0.248 e. The fraction of sp³-hybridized carbons (Fsp3) is 0.400. The summed E-state index contributed by atoms with van der Waals surface area (Å²) in [7, 11) is 0. The number of para-hydroxylation sites is 1. The van der Waals surface area contributed by atoms with Gasteiger partial charge in [0.2, 0.25) is 11.9 Å². The van der Waals surface area contributed by atoms with Crippen LogP contribution in [0.15, 0.2) is 78.6 Å². The molecule has 4 atom stereocenters. The zero-order chi connectivity index (χ0) is 41.1. The van der Waals surface area contributed by atoms with Crippen LogP contribution in [0.1, 0.15) is 93.4 Å². The predicted molar refractivity (Wildman–Crippen MR) is 227 cm³/mol. The summed E-state index contributed by atoms with van der Waals surface area (Å²) in [5.41, 5.74) is 7.76. The molecule has 3 fully saturated rings. The number of Topliss-reactive ketones (excluding diaryl/α,β-unsaturated/α-hetero) is 1. The van der Waals surface area contributed by atoms with E-state index in [1.807, 2.05) is 75.7 Å². The van der Waals surface area contributed by atoms with Crippen LogP contribution in [0.4, 0.5) is 5.95 Å². The molecule has 14 heteroatoms. The summed E-state index contributed by atoms with van der Waals surface area (Å²) in [5, 5.41) is 36.3. The molecule has 2 aliphatic heterocycles. The molecule has 4 aromatic heterocycles. The summed E-state index contributed by atoms with van der Waals surface area (Å²) in [6.45, 7) is 9.52. The summed E-state index contributed by atoms with van der Waals surface area (Å²) in [4.78, 5) is 45.5. The third-order valence-corrected chi connectivity index (χ3v) is 13.4. The van der Waals surface area contributed by atoms with Gasteiger partial charge in [0.05, 0.1) is 39.4 Å². The van der Waals surface area contributed by atoms with E-state index in [1.54, 1.807) is 35.9 Å². The van der Waals surface area contributed by atoms with Crippen molar-refractivity contribution in [3.63, 3.8) is 0 Å². The third kappa shape index (κ3) is 7.38. The Kier molecular flexibility index (Phi) is 10.0. The molecule has 6 aromatic rings. The minimum absolute atomic E-state index is 0.000328. The number of rotatable bonds is 12. The van der Waals surface area contributed by atoms with Crippen LogP contribution < -0.4 is 15.5 Å². The monoisotopic (exact) mass is 811 g/mol. The molecule has 2 aromatic carbocycles. The van der Waals surface area contributed by atoms with Crippen LogP contribution in [0.3, 0.4) is 0 Å². The number of phenols is 1. The van der Waals surface area contributed by atoms with Gasteiger partial charge in [-0.1, -0.05) is 50.2 Å². The molecule has 9 rings (SSSR count). The summed E-state index contributed by atoms with van der Waals surface area (Å²) in [6.07, 6.45) is 5.99. The first kappa shape index (κ1) is 38.9. The number of nitrogens with zero attached hydrogens (tertiary/aromatic N) is 7. The minimum atomic E-state index is -1.56. The van der Waals surface area contributed by atoms with Crippen LogP contribution in [0, 0.1) is 6.92 Å². The van der Waals surface area contributed by atoms with Gasteiger partial charge in [-0.25, -0.2) is 15.0 Å². The number of anilines is 1. The van der Waals surface area contributed by atoms with Crippen LogP contribution in [0.25, 0.3) is 32.7 Å². The predicted octanol–water partition coefficient (Wildman–Crippen LogP) is 6.56. The Bertz CT molecular complexity index is 2530. The first-order chi connectivity index (χ1) is 28.4. The van der Waals surface area contributed by atoms with E-state index in [9.17, 15) is 19.8 Å². The Morgan fingerprint density at radius 2 is 1.80 bits per heavy atom. The average molecular weight is 812 g/mol. The standard InChI is InChI=1S/C45H49N9O4S/c1-26(28-9-11-29(12-10-28)41-27(2)48-25-59-41)50-42(58)45(19-33(55)23-49-45)40(57)20-44(3,4)31-21-46-43(47-22-31)53-16-15-30(24-53)37-18-36-38(54(37)32-13-14-32)17-35(51-52-36)34-7-5-6-8-39(34)56/h5-12,17-18,21-22,25-26,30,32-33,49,55-56H,13-16,19-20,23-24H2,1-4H3,(H,50,58)/t26-,30+,33?,45+/m0/s1. The normalized spacial score (nSPS) is 21.3. The minimum Gasteiger partial charge on any atom is -0.507 e. The van der Waals surface area contributed by atoms with Gasteiger partial charge in [0, 0.05) is 68.1 Å². The van der Waals surface area contributed by atoms with Gasteiger partial charge in [-0.2, -0.15) is 0 Å². The lowest BCUT2D eigenvalue weighted by Crippen LogP contribution is -2.60. The number of carbonyl (C=O) groups is 2. The van der Waals surface area contributed by atoms with Gasteiger partial charge in [0.25, 0.3) is 0 Å². The molecule has 1 saturated carbocycles. The van der Waals surface area contributed by atoms with Crippen LogP contribution in [-0.2, 0) is 15.0 Å². The topological polar surface area (TPSA) is 171 Å². The van der Waals surface area contributed by atoms with Gasteiger partial charge in [-0.05, 0) is 79.5 Å². The van der Waals surface area contributed by atoms with Crippen LogP contribution in [-0.4, -0.2) is 82.9 Å². The highest BCUT2D eigenvalue weighted by molar-refractivity contribution is 7.13. The van der Waals surface area contributed by atoms with Crippen molar-refractivity contribution in [2.45, 2.75) is 94.9 Å². The first-order valence-corrected chi connectivity index (χ1v) is 21.3. The molecule has 0 bridgehead atoms.